The normalized spacial score (nSPS) is 26.9. The minimum Gasteiger partial charge on any atom is -0.497 e. The zero-order chi connectivity index (χ0) is 13.9. The molecular formula is C16H22O3. The fourth-order valence-corrected chi connectivity index (χ4v) is 2.95. The smallest absolute Gasteiger partial charge is 0.309 e. The zero-order valence-corrected chi connectivity index (χ0v) is 11.7. The van der Waals surface area contributed by atoms with Gasteiger partial charge in [0.05, 0.1) is 12.5 Å². The van der Waals surface area contributed by atoms with Crippen molar-refractivity contribution in [3.63, 3.8) is 0 Å². The fraction of sp³-hybridized carbons (Fsp3) is 0.562. The third-order valence-corrected chi connectivity index (χ3v) is 4.36. The Morgan fingerprint density at radius 3 is 2.68 bits per heavy atom. The first-order valence-electron chi connectivity index (χ1n) is 6.92. The van der Waals surface area contributed by atoms with Gasteiger partial charge in [-0.2, -0.15) is 0 Å². The standard InChI is InChI=1S/C16H22O3/c1-12-6-8-16(9-7-12,15(17)18)11-13-4-3-5-14(10-13)19-2/h3-5,10,12H,6-9,11H2,1-2H3,(H,17,18). The summed E-state index contributed by atoms with van der Waals surface area (Å²) in [4.78, 5) is 11.7. The van der Waals surface area contributed by atoms with E-state index >= 15 is 0 Å². The van der Waals surface area contributed by atoms with Crippen molar-refractivity contribution in [3.8, 4) is 5.75 Å². The summed E-state index contributed by atoms with van der Waals surface area (Å²) in [5.74, 6) is 0.794. The van der Waals surface area contributed by atoms with E-state index in [9.17, 15) is 9.90 Å². The summed E-state index contributed by atoms with van der Waals surface area (Å²) in [6.07, 6.45) is 4.18. The Balaban J connectivity index is 2.19. The van der Waals surface area contributed by atoms with Gasteiger partial charge in [0.15, 0.2) is 0 Å². The molecule has 0 bridgehead atoms. The van der Waals surface area contributed by atoms with Crippen molar-refractivity contribution in [1.82, 2.24) is 0 Å². The molecule has 1 saturated carbocycles. The Morgan fingerprint density at radius 1 is 1.42 bits per heavy atom. The minimum atomic E-state index is -0.651. The number of rotatable bonds is 4. The third kappa shape index (κ3) is 3.09. The molecule has 19 heavy (non-hydrogen) atoms. The van der Waals surface area contributed by atoms with Crippen molar-refractivity contribution in [2.75, 3.05) is 7.11 Å². The van der Waals surface area contributed by atoms with Crippen LogP contribution >= 0.6 is 0 Å². The third-order valence-electron chi connectivity index (χ3n) is 4.36. The minimum absolute atomic E-state index is 0.584. The number of hydrogen-bond donors (Lipinski definition) is 1. The van der Waals surface area contributed by atoms with Crippen molar-refractivity contribution in [1.29, 1.82) is 0 Å². The van der Waals surface area contributed by atoms with Gasteiger partial charge >= 0.3 is 5.97 Å². The Morgan fingerprint density at radius 2 is 2.11 bits per heavy atom. The lowest BCUT2D eigenvalue weighted by Gasteiger charge is -2.36. The maximum absolute atomic E-state index is 11.7. The van der Waals surface area contributed by atoms with E-state index in [0.717, 1.165) is 37.0 Å². The number of benzene rings is 1. The van der Waals surface area contributed by atoms with Crippen molar-refractivity contribution in [2.24, 2.45) is 11.3 Å². The predicted molar refractivity (Wildman–Crippen MR) is 74.4 cm³/mol. The molecule has 3 heteroatoms. The molecule has 1 aliphatic carbocycles. The molecule has 0 unspecified atom stereocenters. The number of carboxylic acid groups (broad SMARTS) is 1. The summed E-state index contributed by atoms with van der Waals surface area (Å²) >= 11 is 0. The van der Waals surface area contributed by atoms with Gasteiger partial charge in [0.25, 0.3) is 0 Å². The molecule has 0 saturated heterocycles. The van der Waals surface area contributed by atoms with E-state index in [-0.39, 0.29) is 0 Å². The maximum Gasteiger partial charge on any atom is 0.309 e. The highest BCUT2D eigenvalue weighted by Gasteiger charge is 2.41. The number of methoxy groups -OCH3 is 1. The zero-order valence-electron chi connectivity index (χ0n) is 11.7. The Kier molecular flexibility index (Phi) is 4.13. The van der Waals surface area contributed by atoms with Crippen LogP contribution in [0.15, 0.2) is 24.3 Å². The molecule has 3 nitrogen and oxygen atoms in total. The number of hydrogen-bond acceptors (Lipinski definition) is 2. The fourth-order valence-electron chi connectivity index (χ4n) is 2.95. The molecule has 0 aliphatic heterocycles. The molecule has 104 valence electrons. The lowest BCUT2D eigenvalue weighted by molar-refractivity contribution is -0.151. The van der Waals surface area contributed by atoms with Crippen molar-refractivity contribution >= 4 is 5.97 Å². The van der Waals surface area contributed by atoms with E-state index in [4.69, 9.17) is 4.74 Å². The highest BCUT2D eigenvalue weighted by Crippen LogP contribution is 2.42. The van der Waals surface area contributed by atoms with E-state index in [1.807, 2.05) is 24.3 Å². The summed E-state index contributed by atoms with van der Waals surface area (Å²) in [5, 5.41) is 9.63. The SMILES string of the molecule is COc1cccc(CC2(C(=O)O)CCC(C)CC2)c1. The Labute approximate surface area is 114 Å². The van der Waals surface area contributed by atoms with Crippen LogP contribution in [0.25, 0.3) is 0 Å². The predicted octanol–water partition coefficient (Wildman–Crippen LogP) is 3.52. The molecule has 2 rings (SSSR count). The molecule has 0 radical (unpaired) electrons. The summed E-state index contributed by atoms with van der Waals surface area (Å²) in [6.45, 7) is 2.21. The van der Waals surface area contributed by atoms with Crippen LogP contribution in [0.4, 0.5) is 0 Å². The lowest BCUT2D eigenvalue weighted by Crippen LogP contribution is -2.37. The molecule has 1 fully saturated rings. The Hall–Kier alpha value is -1.51. The molecule has 0 spiro atoms. The van der Waals surface area contributed by atoms with Gasteiger partial charge in [0, 0.05) is 0 Å². The highest BCUT2D eigenvalue weighted by atomic mass is 16.5. The van der Waals surface area contributed by atoms with Gasteiger partial charge in [-0.05, 0) is 55.7 Å². The first-order chi connectivity index (χ1) is 9.05. The van der Waals surface area contributed by atoms with Crippen molar-refractivity contribution in [3.05, 3.63) is 29.8 Å². The van der Waals surface area contributed by atoms with E-state index in [2.05, 4.69) is 6.92 Å². The van der Waals surface area contributed by atoms with Crippen molar-refractivity contribution < 1.29 is 14.6 Å². The molecule has 0 heterocycles. The van der Waals surface area contributed by atoms with Gasteiger partial charge in [0.2, 0.25) is 0 Å². The second-order valence-electron chi connectivity index (χ2n) is 5.80. The van der Waals surface area contributed by atoms with E-state index in [1.54, 1.807) is 7.11 Å². The van der Waals surface area contributed by atoms with Gasteiger partial charge < -0.3 is 9.84 Å². The largest absolute Gasteiger partial charge is 0.497 e. The average molecular weight is 262 g/mol. The van der Waals surface area contributed by atoms with Crippen LogP contribution in [0.5, 0.6) is 5.75 Å². The van der Waals surface area contributed by atoms with Crippen molar-refractivity contribution in [2.45, 2.75) is 39.0 Å². The number of aliphatic carboxylic acids is 1. The van der Waals surface area contributed by atoms with E-state index in [0.29, 0.717) is 12.3 Å². The number of carbonyl (C=O) groups is 1. The Bertz CT molecular complexity index is 445. The quantitative estimate of drug-likeness (QED) is 0.903. The molecule has 1 N–H and O–H groups in total. The van der Waals surface area contributed by atoms with Gasteiger partial charge in [0.1, 0.15) is 5.75 Å². The highest BCUT2D eigenvalue weighted by molar-refractivity contribution is 5.75. The summed E-state index contributed by atoms with van der Waals surface area (Å²) in [7, 11) is 1.63. The lowest BCUT2D eigenvalue weighted by atomic mass is 9.68. The molecule has 0 atom stereocenters. The second kappa shape index (κ2) is 5.64. The monoisotopic (exact) mass is 262 g/mol. The van der Waals surface area contributed by atoms with Crippen LogP contribution in [-0.4, -0.2) is 18.2 Å². The van der Waals surface area contributed by atoms with Gasteiger partial charge in [-0.3, -0.25) is 4.79 Å². The molecule has 1 aliphatic rings. The first-order valence-corrected chi connectivity index (χ1v) is 6.92. The van der Waals surface area contributed by atoms with Crippen LogP contribution in [-0.2, 0) is 11.2 Å². The van der Waals surface area contributed by atoms with Gasteiger partial charge in [-0.15, -0.1) is 0 Å². The number of carboxylic acids is 1. The summed E-state index contributed by atoms with van der Waals surface area (Å²) in [5.41, 5.74) is 0.468. The molecule has 0 aromatic heterocycles. The summed E-state index contributed by atoms with van der Waals surface area (Å²) < 4.78 is 5.21. The van der Waals surface area contributed by atoms with Crippen LogP contribution in [0, 0.1) is 11.3 Å². The molecule has 0 amide bonds. The number of ether oxygens (including phenoxy) is 1. The average Bonchev–Trinajstić information content (AvgIpc) is 2.41. The molecule has 1 aromatic carbocycles. The molecular weight excluding hydrogens is 240 g/mol. The summed E-state index contributed by atoms with van der Waals surface area (Å²) in [6, 6.07) is 7.75. The van der Waals surface area contributed by atoms with Gasteiger partial charge in [-0.25, -0.2) is 0 Å². The van der Waals surface area contributed by atoms with Crippen LogP contribution in [0.1, 0.15) is 38.2 Å². The topological polar surface area (TPSA) is 46.5 Å². The maximum atomic E-state index is 11.7. The van der Waals surface area contributed by atoms with Crippen LogP contribution < -0.4 is 4.74 Å². The second-order valence-corrected chi connectivity index (χ2v) is 5.80. The van der Waals surface area contributed by atoms with E-state index in [1.165, 1.54) is 0 Å². The first kappa shape index (κ1) is 13.9. The molecule has 1 aromatic rings. The van der Waals surface area contributed by atoms with Gasteiger partial charge in [-0.1, -0.05) is 19.1 Å². The van der Waals surface area contributed by atoms with Crippen LogP contribution in [0.2, 0.25) is 0 Å². The van der Waals surface area contributed by atoms with Crippen LogP contribution in [0.3, 0.4) is 0 Å². The van der Waals surface area contributed by atoms with E-state index < -0.39 is 11.4 Å².